The highest BCUT2D eigenvalue weighted by molar-refractivity contribution is 5.87. The van der Waals surface area contributed by atoms with E-state index in [9.17, 15) is 0 Å². The Balaban J connectivity index is 2.35. The standard InChI is InChI=1S/C13H8N4/c14-8-10-9-17(13-15-6-3-7-16-13)12-5-2-1-4-11(10)12/h1-7,9H. The molecule has 0 fully saturated rings. The van der Waals surface area contributed by atoms with Crippen molar-refractivity contribution in [1.29, 1.82) is 5.26 Å². The molecular weight excluding hydrogens is 212 g/mol. The predicted octanol–water partition coefficient (Wildman–Crippen LogP) is 2.29. The van der Waals surface area contributed by atoms with Crippen LogP contribution in [0, 0.1) is 11.3 Å². The molecule has 0 saturated heterocycles. The minimum Gasteiger partial charge on any atom is -0.284 e. The van der Waals surface area contributed by atoms with Crippen LogP contribution in [0.5, 0.6) is 0 Å². The Morgan fingerprint density at radius 3 is 2.59 bits per heavy atom. The van der Waals surface area contributed by atoms with Crippen molar-refractivity contribution in [3.8, 4) is 12.0 Å². The first kappa shape index (κ1) is 9.55. The van der Waals surface area contributed by atoms with Gasteiger partial charge in [0.05, 0.1) is 11.1 Å². The Labute approximate surface area is 97.8 Å². The zero-order valence-corrected chi connectivity index (χ0v) is 8.91. The van der Waals surface area contributed by atoms with E-state index in [1.807, 2.05) is 28.8 Å². The van der Waals surface area contributed by atoms with Gasteiger partial charge >= 0.3 is 0 Å². The molecule has 0 saturated carbocycles. The molecule has 0 atom stereocenters. The van der Waals surface area contributed by atoms with E-state index in [2.05, 4.69) is 16.0 Å². The number of hydrogen-bond acceptors (Lipinski definition) is 3. The summed E-state index contributed by atoms with van der Waals surface area (Å²) in [5, 5.41) is 10.0. The smallest absolute Gasteiger partial charge is 0.234 e. The summed E-state index contributed by atoms with van der Waals surface area (Å²) in [6.45, 7) is 0. The van der Waals surface area contributed by atoms with Crippen LogP contribution in [0.1, 0.15) is 5.56 Å². The molecule has 0 bridgehead atoms. The Morgan fingerprint density at radius 1 is 1.06 bits per heavy atom. The molecule has 0 spiro atoms. The molecule has 4 nitrogen and oxygen atoms in total. The van der Waals surface area contributed by atoms with E-state index in [-0.39, 0.29) is 0 Å². The first-order valence-corrected chi connectivity index (χ1v) is 5.18. The van der Waals surface area contributed by atoms with E-state index < -0.39 is 0 Å². The van der Waals surface area contributed by atoms with Crippen molar-refractivity contribution in [3.05, 3.63) is 54.5 Å². The van der Waals surface area contributed by atoms with E-state index in [1.165, 1.54) is 0 Å². The lowest BCUT2D eigenvalue weighted by Gasteiger charge is -2.01. The van der Waals surface area contributed by atoms with Crippen LogP contribution in [-0.2, 0) is 0 Å². The number of nitrogens with zero attached hydrogens (tertiary/aromatic N) is 4. The van der Waals surface area contributed by atoms with Gasteiger partial charge in [0, 0.05) is 24.0 Å². The van der Waals surface area contributed by atoms with Crippen molar-refractivity contribution in [2.24, 2.45) is 0 Å². The second-order valence-corrected chi connectivity index (χ2v) is 3.59. The molecule has 2 aromatic heterocycles. The lowest BCUT2D eigenvalue weighted by atomic mass is 10.2. The molecule has 4 heteroatoms. The summed E-state index contributed by atoms with van der Waals surface area (Å²) in [5.41, 5.74) is 1.57. The van der Waals surface area contributed by atoms with Gasteiger partial charge in [-0.25, -0.2) is 9.97 Å². The highest BCUT2D eigenvalue weighted by atomic mass is 15.1. The molecule has 80 valence electrons. The third-order valence-corrected chi connectivity index (χ3v) is 2.60. The fourth-order valence-corrected chi connectivity index (χ4v) is 1.85. The lowest BCUT2D eigenvalue weighted by Crippen LogP contribution is -1.97. The molecular formula is C13H8N4. The maximum Gasteiger partial charge on any atom is 0.234 e. The summed E-state index contributed by atoms with van der Waals surface area (Å²) < 4.78 is 1.83. The summed E-state index contributed by atoms with van der Waals surface area (Å²) in [5.74, 6) is 0.574. The predicted molar refractivity (Wildman–Crippen MR) is 63.6 cm³/mol. The molecule has 0 unspecified atom stereocenters. The Hall–Kier alpha value is -2.67. The average Bonchev–Trinajstić information content (AvgIpc) is 2.78. The molecule has 0 N–H and O–H groups in total. The minimum atomic E-state index is 0.574. The molecule has 0 radical (unpaired) electrons. The number of nitriles is 1. The first-order chi connectivity index (χ1) is 8.40. The molecule has 1 aromatic carbocycles. The fraction of sp³-hybridized carbons (Fsp3) is 0. The highest BCUT2D eigenvalue weighted by Gasteiger charge is 2.09. The highest BCUT2D eigenvalue weighted by Crippen LogP contribution is 2.22. The van der Waals surface area contributed by atoms with Crippen molar-refractivity contribution in [2.45, 2.75) is 0 Å². The zero-order chi connectivity index (χ0) is 11.7. The van der Waals surface area contributed by atoms with Crippen LogP contribution in [0.4, 0.5) is 0 Å². The second kappa shape index (κ2) is 3.72. The maximum atomic E-state index is 9.09. The fourth-order valence-electron chi connectivity index (χ4n) is 1.85. The molecule has 17 heavy (non-hydrogen) atoms. The monoisotopic (exact) mass is 220 g/mol. The van der Waals surface area contributed by atoms with Gasteiger partial charge in [-0.05, 0) is 12.1 Å². The van der Waals surface area contributed by atoms with E-state index in [0.29, 0.717) is 11.5 Å². The van der Waals surface area contributed by atoms with Crippen LogP contribution in [0.3, 0.4) is 0 Å². The maximum absolute atomic E-state index is 9.09. The first-order valence-electron chi connectivity index (χ1n) is 5.18. The molecule has 0 amide bonds. The molecule has 0 aliphatic carbocycles. The third kappa shape index (κ3) is 1.45. The van der Waals surface area contributed by atoms with Gasteiger partial charge in [0.15, 0.2) is 0 Å². The Kier molecular flexibility index (Phi) is 2.09. The van der Waals surface area contributed by atoms with Gasteiger partial charge in [-0.2, -0.15) is 5.26 Å². The van der Waals surface area contributed by atoms with Crippen LogP contribution in [0.2, 0.25) is 0 Å². The molecule has 0 aliphatic rings. The summed E-state index contributed by atoms with van der Waals surface area (Å²) >= 11 is 0. The SMILES string of the molecule is N#Cc1cn(-c2ncccn2)c2ccccc12. The minimum absolute atomic E-state index is 0.574. The Bertz CT molecular complexity index is 707. The van der Waals surface area contributed by atoms with Gasteiger partial charge < -0.3 is 0 Å². The topological polar surface area (TPSA) is 54.5 Å². The molecule has 2 heterocycles. The summed E-state index contributed by atoms with van der Waals surface area (Å²) in [6, 6.07) is 11.7. The van der Waals surface area contributed by atoms with Crippen LogP contribution in [0.15, 0.2) is 48.9 Å². The van der Waals surface area contributed by atoms with Crippen molar-refractivity contribution in [3.63, 3.8) is 0 Å². The molecule has 3 aromatic rings. The van der Waals surface area contributed by atoms with E-state index in [1.54, 1.807) is 24.7 Å². The van der Waals surface area contributed by atoms with Crippen LogP contribution >= 0.6 is 0 Å². The van der Waals surface area contributed by atoms with Gasteiger partial charge in [0.2, 0.25) is 5.95 Å². The van der Waals surface area contributed by atoms with Crippen molar-refractivity contribution >= 4 is 10.9 Å². The number of benzene rings is 1. The summed E-state index contributed by atoms with van der Waals surface area (Å²) in [7, 11) is 0. The average molecular weight is 220 g/mol. The normalized spacial score (nSPS) is 10.3. The molecule has 0 aliphatic heterocycles. The molecule has 3 rings (SSSR count). The zero-order valence-electron chi connectivity index (χ0n) is 8.91. The van der Waals surface area contributed by atoms with Gasteiger partial charge in [-0.15, -0.1) is 0 Å². The van der Waals surface area contributed by atoms with Crippen molar-refractivity contribution in [1.82, 2.24) is 14.5 Å². The van der Waals surface area contributed by atoms with E-state index in [4.69, 9.17) is 5.26 Å². The van der Waals surface area contributed by atoms with E-state index >= 15 is 0 Å². The van der Waals surface area contributed by atoms with E-state index in [0.717, 1.165) is 10.9 Å². The van der Waals surface area contributed by atoms with Crippen molar-refractivity contribution in [2.75, 3.05) is 0 Å². The number of hydrogen-bond donors (Lipinski definition) is 0. The number of para-hydroxylation sites is 1. The number of aromatic nitrogens is 3. The van der Waals surface area contributed by atoms with Gasteiger partial charge in [0.25, 0.3) is 0 Å². The Morgan fingerprint density at radius 2 is 1.82 bits per heavy atom. The number of fused-ring (bicyclic) bond motifs is 1. The van der Waals surface area contributed by atoms with Crippen molar-refractivity contribution < 1.29 is 0 Å². The summed E-state index contributed by atoms with van der Waals surface area (Å²) in [4.78, 5) is 8.38. The van der Waals surface area contributed by atoms with Gasteiger partial charge in [-0.1, -0.05) is 18.2 Å². The number of rotatable bonds is 1. The lowest BCUT2D eigenvalue weighted by molar-refractivity contribution is 0.961. The third-order valence-electron chi connectivity index (χ3n) is 2.60. The van der Waals surface area contributed by atoms with Gasteiger partial charge in [-0.3, -0.25) is 4.57 Å². The van der Waals surface area contributed by atoms with Gasteiger partial charge in [0.1, 0.15) is 6.07 Å². The second-order valence-electron chi connectivity index (χ2n) is 3.59. The summed E-state index contributed by atoms with van der Waals surface area (Å²) in [6.07, 6.45) is 5.13. The van der Waals surface area contributed by atoms with Crippen LogP contribution < -0.4 is 0 Å². The largest absolute Gasteiger partial charge is 0.284 e. The van der Waals surface area contributed by atoms with Crippen LogP contribution in [-0.4, -0.2) is 14.5 Å². The quantitative estimate of drug-likeness (QED) is 0.632. The van der Waals surface area contributed by atoms with Crippen LogP contribution in [0.25, 0.3) is 16.9 Å².